The van der Waals surface area contributed by atoms with E-state index in [-0.39, 0.29) is 6.10 Å². The molecule has 1 rings (SSSR count). The second-order valence-corrected chi connectivity index (χ2v) is 5.76. The van der Waals surface area contributed by atoms with E-state index >= 15 is 0 Å². The summed E-state index contributed by atoms with van der Waals surface area (Å²) in [6.45, 7) is 12.6. The molecule has 0 saturated carbocycles. The largest absolute Gasteiger partial charge is 0.498 e. The Morgan fingerprint density at radius 1 is 1.00 bits per heavy atom. The molecule has 0 fully saturated rings. The summed E-state index contributed by atoms with van der Waals surface area (Å²) in [5.41, 5.74) is 4.80. The van der Waals surface area contributed by atoms with Gasteiger partial charge in [-0.15, -0.1) is 0 Å². The smallest absolute Gasteiger partial charge is 0.111 e. The number of hydrogen-bond donors (Lipinski definition) is 0. The molecule has 0 aliphatic heterocycles. The van der Waals surface area contributed by atoms with Gasteiger partial charge in [0, 0.05) is 0 Å². The lowest BCUT2D eigenvalue weighted by Gasteiger charge is -2.09. The molecule has 0 N–H and O–H groups in total. The zero-order valence-corrected chi connectivity index (χ0v) is 15.1. The lowest BCUT2D eigenvalue weighted by molar-refractivity contribution is 0.00884. The minimum atomic E-state index is 0.252. The third-order valence-electron chi connectivity index (χ3n) is 3.49. The van der Waals surface area contributed by atoms with Crippen molar-refractivity contribution in [1.29, 1.82) is 0 Å². The zero-order chi connectivity index (χ0) is 17.1. The normalized spacial score (nSPS) is 12.8. The summed E-state index contributed by atoms with van der Waals surface area (Å²) in [5.74, 6) is 0. The highest BCUT2D eigenvalue weighted by molar-refractivity contribution is 5.70. The zero-order valence-electron chi connectivity index (χ0n) is 15.1. The molecule has 0 unspecified atom stereocenters. The maximum absolute atomic E-state index is 5.56. The van der Waals surface area contributed by atoms with Crippen LogP contribution in [0.2, 0.25) is 0 Å². The first-order chi connectivity index (χ1) is 11.0. The summed E-state index contributed by atoms with van der Waals surface area (Å²) in [7, 11) is 0. The number of benzene rings is 1. The van der Waals surface area contributed by atoms with Gasteiger partial charge in [0.2, 0.25) is 0 Å². The molecule has 0 aliphatic rings. The molecular weight excluding hydrogens is 288 g/mol. The highest BCUT2D eigenvalue weighted by Gasteiger charge is 2.00. The first-order valence-corrected chi connectivity index (χ1v) is 8.26. The molecule has 0 aromatic heterocycles. The van der Waals surface area contributed by atoms with Crippen molar-refractivity contribution in [2.45, 2.75) is 40.7 Å². The minimum absolute atomic E-state index is 0.252. The second-order valence-electron chi connectivity index (χ2n) is 5.76. The van der Waals surface area contributed by atoms with Crippen molar-refractivity contribution in [3.8, 4) is 0 Å². The predicted octanol–water partition coefficient (Wildman–Crippen LogP) is 4.93. The topological polar surface area (TPSA) is 27.7 Å². The lowest BCUT2D eigenvalue weighted by Crippen LogP contribution is -2.11. The van der Waals surface area contributed by atoms with E-state index in [0.717, 1.165) is 5.57 Å². The van der Waals surface area contributed by atoms with Gasteiger partial charge in [-0.2, -0.15) is 0 Å². The van der Waals surface area contributed by atoms with Crippen LogP contribution in [0.15, 0.2) is 36.6 Å². The van der Waals surface area contributed by atoms with Gasteiger partial charge in [0.1, 0.15) is 6.61 Å². The average molecular weight is 318 g/mol. The maximum atomic E-state index is 5.56. The van der Waals surface area contributed by atoms with Crippen LogP contribution >= 0.6 is 0 Å². The van der Waals surface area contributed by atoms with E-state index in [1.54, 1.807) is 6.26 Å². The van der Waals surface area contributed by atoms with E-state index in [2.05, 4.69) is 51.1 Å². The standard InChI is InChI=1S/C20H30O3/c1-6-17(4)19-8-7-9-20(14-19)18(5)15-22-11-10-21-12-13-23-16(2)3/h6-9,14-16H,10-13H2,1-5H3/b17-6+,18-15+. The molecule has 3 heteroatoms. The first-order valence-electron chi connectivity index (χ1n) is 8.26. The Morgan fingerprint density at radius 3 is 2.30 bits per heavy atom. The van der Waals surface area contributed by atoms with Gasteiger partial charge in [-0.1, -0.05) is 24.3 Å². The van der Waals surface area contributed by atoms with Crippen molar-refractivity contribution < 1.29 is 14.2 Å². The highest BCUT2D eigenvalue weighted by atomic mass is 16.5. The van der Waals surface area contributed by atoms with Gasteiger partial charge in [-0.25, -0.2) is 0 Å². The number of hydrogen-bond acceptors (Lipinski definition) is 3. The van der Waals surface area contributed by atoms with Crippen molar-refractivity contribution in [1.82, 2.24) is 0 Å². The Labute approximate surface area is 141 Å². The maximum Gasteiger partial charge on any atom is 0.111 e. The Hall–Kier alpha value is -1.58. The number of ether oxygens (including phenoxy) is 3. The van der Waals surface area contributed by atoms with Crippen molar-refractivity contribution in [3.05, 3.63) is 47.7 Å². The SMILES string of the molecule is C/C=C(\C)c1cccc(/C(C)=C/OCCOCCOC(C)C)c1. The lowest BCUT2D eigenvalue weighted by atomic mass is 10.0. The third kappa shape index (κ3) is 8.00. The molecule has 0 spiro atoms. The third-order valence-corrected chi connectivity index (χ3v) is 3.49. The number of rotatable bonds is 10. The van der Waals surface area contributed by atoms with Gasteiger partial charge in [-0.05, 0) is 63.0 Å². The Bertz CT molecular complexity index is 515. The predicted molar refractivity (Wildman–Crippen MR) is 97.3 cm³/mol. The van der Waals surface area contributed by atoms with E-state index < -0.39 is 0 Å². The Morgan fingerprint density at radius 2 is 1.65 bits per heavy atom. The molecule has 0 heterocycles. The van der Waals surface area contributed by atoms with Crippen LogP contribution in [-0.4, -0.2) is 32.5 Å². The van der Waals surface area contributed by atoms with Crippen LogP contribution < -0.4 is 0 Å². The van der Waals surface area contributed by atoms with E-state index in [0.29, 0.717) is 26.4 Å². The molecule has 1 aromatic rings. The molecule has 0 bridgehead atoms. The number of allylic oxidation sites excluding steroid dienone is 3. The fourth-order valence-electron chi connectivity index (χ4n) is 1.98. The van der Waals surface area contributed by atoms with Gasteiger partial charge >= 0.3 is 0 Å². The van der Waals surface area contributed by atoms with Crippen LogP contribution in [0.1, 0.15) is 45.7 Å². The fraction of sp³-hybridized carbons (Fsp3) is 0.500. The van der Waals surface area contributed by atoms with Gasteiger partial charge < -0.3 is 14.2 Å². The molecule has 0 saturated heterocycles. The van der Waals surface area contributed by atoms with Crippen molar-refractivity contribution in [2.75, 3.05) is 26.4 Å². The van der Waals surface area contributed by atoms with E-state index in [1.807, 2.05) is 13.8 Å². The van der Waals surface area contributed by atoms with Crippen molar-refractivity contribution in [2.24, 2.45) is 0 Å². The Kier molecular flexibility index (Phi) is 9.34. The van der Waals surface area contributed by atoms with Crippen LogP contribution in [0.25, 0.3) is 11.1 Å². The van der Waals surface area contributed by atoms with Gasteiger partial charge in [0.05, 0.1) is 32.2 Å². The minimum Gasteiger partial charge on any atom is -0.498 e. The monoisotopic (exact) mass is 318 g/mol. The van der Waals surface area contributed by atoms with Crippen LogP contribution in [0.3, 0.4) is 0 Å². The summed E-state index contributed by atoms with van der Waals surface area (Å²) in [4.78, 5) is 0. The molecule has 0 atom stereocenters. The molecular formula is C20H30O3. The summed E-state index contributed by atoms with van der Waals surface area (Å²) < 4.78 is 16.4. The summed E-state index contributed by atoms with van der Waals surface area (Å²) in [5, 5.41) is 0. The van der Waals surface area contributed by atoms with Crippen molar-refractivity contribution >= 4 is 11.1 Å². The average Bonchev–Trinajstić information content (AvgIpc) is 2.56. The summed E-state index contributed by atoms with van der Waals surface area (Å²) >= 11 is 0. The quantitative estimate of drug-likeness (QED) is 0.452. The summed E-state index contributed by atoms with van der Waals surface area (Å²) in [6, 6.07) is 8.48. The van der Waals surface area contributed by atoms with Crippen molar-refractivity contribution in [3.63, 3.8) is 0 Å². The van der Waals surface area contributed by atoms with Crippen LogP contribution in [-0.2, 0) is 14.2 Å². The molecule has 128 valence electrons. The van der Waals surface area contributed by atoms with Gasteiger partial charge in [0.25, 0.3) is 0 Å². The fourth-order valence-corrected chi connectivity index (χ4v) is 1.98. The summed E-state index contributed by atoms with van der Waals surface area (Å²) in [6.07, 6.45) is 4.18. The van der Waals surface area contributed by atoms with Gasteiger partial charge in [-0.3, -0.25) is 0 Å². The molecule has 0 radical (unpaired) electrons. The Balaban J connectivity index is 2.34. The molecule has 1 aromatic carbocycles. The molecule has 23 heavy (non-hydrogen) atoms. The second kappa shape index (κ2) is 11.0. The van der Waals surface area contributed by atoms with Crippen LogP contribution in [0, 0.1) is 0 Å². The van der Waals surface area contributed by atoms with Gasteiger partial charge in [0.15, 0.2) is 0 Å². The van der Waals surface area contributed by atoms with Crippen LogP contribution in [0.4, 0.5) is 0 Å². The van der Waals surface area contributed by atoms with E-state index in [1.165, 1.54) is 16.7 Å². The van der Waals surface area contributed by atoms with E-state index in [9.17, 15) is 0 Å². The van der Waals surface area contributed by atoms with Crippen LogP contribution in [0.5, 0.6) is 0 Å². The van der Waals surface area contributed by atoms with E-state index in [4.69, 9.17) is 14.2 Å². The highest BCUT2D eigenvalue weighted by Crippen LogP contribution is 2.20. The first kappa shape index (κ1) is 19.5. The molecule has 0 amide bonds. The molecule has 3 nitrogen and oxygen atoms in total. The molecule has 0 aliphatic carbocycles.